The average molecular weight is 2060 g/mol. The molecule has 6 unspecified atom stereocenters. The molecule has 5 heterocycles. The van der Waals surface area contributed by atoms with Crippen LogP contribution in [0.15, 0.2) is 101 Å². The van der Waals surface area contributed by atoms with Gasteiger partial charge in [-0.1, -0.05) is 143 Å². The minimum Gasteiger partial charge on any atom is -0.508 e. The third-order valence-corrected chi connectivity index (χ3v) is 34.4. The molecular formula is C125H174O24. The van der Waals surface area contributed by atoms with Gasteiger partial charge in [-0.25, -0.2) is 4.79 Å². The van der Waals surface area contributed by atoms with Gasteiger partial charge in [-0.3, -0.25) is 14.4 Å². The summed E-state index contributed by atoms with van der Waals surface area (Å²) >= 11 is 0. The Kier molecular flexibility index (Phi) is 36.3. The topological polar surface area (TPSA) is 407 Å². The van der Waals surface area contributed by atoms with Gasteiger partial charge in [-0.15, -0.1) is 0 Å². The highest BCUT2D eigenvalue weighted by molar-refractivity contribution is 6.25. The molecule has 0 amide bonds. The zero-order valence-corrected chi connectivity index (χ0v) is 92.9. The fraction of sp³-hybridized carbons (Fsp3) is 0.616. The first kappa shape index (κ1) is 116. The van der Waals surface area contributed by atoms with Crippen molar-refractivity contribution < 1.29 is 119 Å². The van der Waals surface area contributed by atoms with Crippen molar-refractivity contribution in [2.75, 3.05) is 0 Å². The van der Waals surface area contributed by atoms with Gasteiger partial charge in [-0.05, 0) is 369 Å². The summed E-state index contributed by atoms with van der Waals surface area (Å²) in [6, 6.07) is 20.1. The van der Waals surface area contributed by atoms with Crippen molar-refractivity contribution in [2.24, 2.45) is 23.7 Å². The first-order valence-corrected chi connectivity index (χ1v) is 55.9. The maximum absolute atomic E-state index is 14.4. The molecule has 16 atom stereocenters. The maximum atomic E-state index is 14.4. The predicted molar refractivity (Wildman–Crippen MR) is 581 cm³/mol. The third-order valence-electron chi connectivity index (χ3n) is 34.4. The summed E-state index contributed by atoms with van der Waals surface area (Å²) in [7, 11) is 0. The normalized spacial score (nSPS) is 27.9. The maximum Gasteiger partial charge on any atom is 0.342 e. The number of unbranched alkanes of at least 4 members (excludes halogenated alkanes) is 12. The van der Waals surface area contributed by atoms with Crippen LogP contribution in [0.25, 0.3) is 11.1 Å². The lowest BCUT2D eigenvalue weighted by Gasteiger charge is -2.58. The van der Waals surface area contributed by atoms with Gasteiger partial charge in [0.15, 0.2) is 17.0 Å². The number of aryl methyl sites for hydroxylation is 6. The second-order valence-corrected chi connectivity index (χ2v) is 47.8. The molecule has 0 radical (unpaired) electrons. The molecule has 6 aromatic rings. The van der Waals surface area contributed by atoms with E-state index < -0.39 is 92.6 Å². The lowest BCUT2D eigenvalue weighted by molar-refractivity contribution is -0.272. The van der Waals surface area contributed by atoms with Crippen LogP contribution < -0.4 is 23.7 Å². The fourth-order valence-electron chi connectivity index (χ4n) is 25.8. The highest BCUT2D eigenvalue weighted by Gasteiger charge is 2.70. The van der Waals surface area contributed by atoms with Gasteiger partial charge in [0.2, 0.25) is 0 Å². The number of ketones is 3. The molecule has 5 aliphatic heterocycles. The molecule has 24 nitrogen and oxygen atoms in total. The van der Waals surface area contributed by atoms with Crippen molar-refractivity contribution in [1.29, 1.82) is 0 Å². The molecule has 2 saturated carbocycles. The van der Waals surface area contributed by atoms with E-state index >= 15 is 0 Å². The highest BCUT2D eigenvalue weighted by atomic mass is 16.6. The summed E-state index contributed by atoms with van der Waals surface area (Å²) < 4.78 is 37.3. The Morgan fingerprint density at radius 2 is 0.913 bits per heavy atom. The van der Waals surface area contributed by atoms with Crippen molar-refractivity contribution in [1.82, 2.24) is 0 Å². The van der Waals surface area contributed by atoms with E-state index in [-0.39, 0.29) is 117 Å². The van der Waals surface area contributed by atoms with Gasteiger partial charge in [0, 0.05) is 69.3 Å². The number of fused-ring (bicyclic) bond motifs is 13. The van der Waals surface area contributed by atoms with Gasteiger partial charge in [0.25, 0.3) is 0 Å². The number of carbonyl (C=O) groups is 4. The highest BCUT2D eigenvalue weighted by Crippen LogP contribution is 2.63. The summed E-state index contributed by atoms with van der Waals surface area (Å²) in [4.78, 5) is 52.0. The smallest absolute Gasteiger partial charge is 0.342 e. The molecule has 149 heavy (non-hydrogen) atoms. The fourth-order valence-corrected chi connectivity index (χ4v) is 25.8. The van der Waals surface area contributed by atoms with Crippen LogP contribution in [0.1, 0.15) is 433 Å². The molecule has 6 aromatic carbocycles. The first-order valence-electron chi connectivity index (χ1n) is 55.9. The zero-order valence-electron chi connectivity index (χ0n) is 92.9. The summed E-state index contributed by atoms with van der Waals surface area (Å²) in [5.41, 5.74) is 2.63. The Morgan fingerprint density at radius 1 is 0.450 bits per heavy atom. The van der Waals surface area contributed by atoms with Gasteiger partial charge in [0.05, 0.1) is 40.1 Å². The molecule has 6 aliphatic carbocycles. The van der Waals surface area contributed by atoms with Gasteiger partial charge < -0.3 is 99.9 Å². The second-order valence-electron chi connectivity index (χ2n) is 47.8. The van der Waals surface area contributed by atoms with Crippen LogP contribution in [0, 0.1) is 23.7 Å². The van der Waals surface area contributed by atoms with E-state index in [1.165, 1.54) is 25.8 Å². The molecule has 0 saturated heterocycles. The number of carbonyl (C=O) groups excluding carboxylic acids is 4. The molecular weight excluding hydrogens is 1890 g/mol. The summed E-state index contributed by atoms with van der Waals surface area (Å²) in [6.07, 6.45) is 29.9. The monoisotopic (exact) mass is 2060 g/mol. The summed E-state index contributed by atoms with van der Waals surface area (Å²) in [5, 5.41) is 155. The van der Waals surface area contributed by atoms with Crippen LogP contribution in [-0.4, -0.2) is 164 Å². The summed E-state index contributed by atoms with van der Waals surface area (Å²) in [5.74, 6) is 0.367. The Hall–Kier alpha value is -9.92. The minimum absolute atomic E-state index is 0.00845. The number of esters is 1. The Balaban J connectivity index is 0.000000162. The van der Waals surface area contributed by atoms with Crippen molar-refractivity contribution in [3.05, 3.63) is 173 Å². The van der Waals surface area contributed by atoms with Crippen molar-refractivity contribution in [3.8, 4) is 69.0 Å². The van der Waals surface area contributed by atoms with Crippen LogP contribution in [0.2, 0.25) is 0 Å². The van der Waals surface area contributed by atoms with E-state index in [4.69, 9.17) is 28.4 Å². The van der Waals surface area contributed by atoms with Crippen molar-refractivity contribution in [2.45, 2.75) is 470 Å². The molecule has 0 aromatic heterocycles. The van der Waals surface area contributed by atoms with Crippen molar-refractivity contribution >= 4 is 34.5 Å². The minimum atomic E-state index is -1.98. The van der Waals surface area contributed by atoms with E-state index in [1.807, 2.05) is 104 Å². The number of phenols is 7. The number of aromatic hydroxyl groups is 7. The van der Waals surface area contributed by atoms with Gasteiger partial charge in [0.1, 0.15) is 126 Å². The van der Waals surface area contributed by atoms with Gasteiger partial charge >= 0.3 is 5.97 Å². The Labute approximate surface area is 884 Å². The number of hydrogen-bond donors (Lipinski definition) is 14. The lowest BCUT2D eigenvalue weighted by atomic mass is 9.60. The van der Waals surface area contributed by atoms with Gasteiger partial charge in [-0.2, -0.15) is 0 Å². The number of rotatable bonds is 29. The molecule has 17 rings (SSSR count). The molecule has 0 spiro atoms. The number of allylic oxidation sites excluding steroid dienone is 3. The van der Waals surface area contributed by atoms with Crippen LogP contribution in [0.3, 0.4) is 0 Å². The zero-order chi connectivity index (χ0) is 109. The quantitative estimate of drug-likeness (QED) is 0.0118. The van der Waals surface area contributed by atoms with E-state index in [9.17, 15) is 90.7 Å². The van der Waals surface area contributed by atoms with E-state index in [0.29, 0.717) is 106 Å². The van der Waals surface area contributed by atoms with Crippen molar-refractivity contribution in [3.63, 3.8) is 0 Å². The van der Waals surface area contributed by atoms with Crippen LogP contribution in [0.4, 0.5) is 0 Å². The number of aliphatic hydroxyl groups excluding tert-OH is 3. The van der Waals surface area contributed by atoms with Crippen LogP contribution >= 0.6 is 0 Å². The van der Waals surface area contributed by atoms with Crippen LogP contribution in [0.5, 0.6) is 69.0 Å². The molecule has 818 valence electrons. The van der Waals surface area contributed by atoms with E-state index in [1.54, 1.807) is 72.7 Å². The molecule has 0 bridgehead atoms. The number of phenolic OH excluding ortho intramolecular Hbond substituents is 7. The van der Waals surface area contributed by atoms with E-state index in [2.05, 4.69) is 41.5 Å². The molecule has 24 heteroatoms. The third kappa shape index (κ3) is 23.8. The first-order chi connectivity index (χ1) is 70.1. The molecule has 14 N–H and O–H groups in total. The standard InChI is InChI=1S/C42H56O8.C21H30O5.C21H32O4.C21H28O3.C20H28O4/c1-8-10-12-14-26-21-31(44)37-33(22-26)49-41(5,6)30-18-19-42(7,39(47)36(30)37)50-40(48)34-27(15-13-11-9-2)23-32(45)35(38(34)46)29-20-24(3)16-17-28(29)25(4)43;1-5-6-7-8-14-10-15(22)18-16(11-14)26-19(3,4)21(25)17(23)9-13(2)12-20(18,21)24;1-5-6-7-8-13-11-15(22)18-16(12-13)25-20(2,3)14-9-10-21(4,24)19(23)17(14)18;1-5-6-7-8-14-11-16(22)19-17(12-14)24-21(3,4)15-10-9-13(2)20(23)18(15)19;1-4-5-6-7-13-10-15(22)18-16(11-13)24-19-17(18)14(12(2)21)8-9-20(19,3)23/h20-23,28-29,39,44-47H,8-19H2,1-7H3;10-12,17,22-25H,5-9H2,1-4H3;11-12,14,17,19,22-24H,5-10H2,1-4H3;11-13,22H,5-10H2,1-4H3;10-11,14,17,19,22-23H,4-9H2,1-3H3/t28-,29+,39?,42?;;14-,17-,19+,21+;;14-,17+,19-,20-/m0.1.0/s1. The largest absolute Gasteiger partial charge is 0.508 e. The average Bonchev–Trinajstić information content (AvgIpc) is 1.24. The number of aliphatic hydroxyl groups is 7. The SMILES string of the molecule is CCCCCc1cc(O)c2c(c1)OC(C)(C)C1(O)C(O)CC(C)=CC21O.CCCCCc1cc(O)c2c(c1)OC(C)(C)C1=C2C(=O)C(C)CC1.CCCCCc1cc(O)c2c(c1)OC(C)(C)C1=C2C(O)C(C)(OC(=O)c2c(CCCCC)cc(O)c([C@@H]3C=C(C)CC[C@H]3C(C)=O)c2O)CC1.CCCCCc1cc(O)c2c(c1)OC(C)(C)[C@@H]1CC[C@](C)(O)[C@@H](O)[C@@H]21.CCCCCc1cc(O)c2c(c1)O[C@H]1[C@@H]2[C@H](C(C)=O)CC[C@]1(C)O. The number of hydrogen-bond acceptors (Lipinski definition) is 24. The Bertz CT molecular complexity index is 6010. The predicted octanol–water partition coefficient (Wildman–Crippen LogP) is 24.6. The number of Topliss-reactive ketones (excluding diaryl/α,β-unsaturated/α-hetero) is 3. The lowest BCUT2D eigenvalue weighted by Crippen LogP contribution is -2.74. The summed E-state index contributed by atoms with van der Waals surface area (Å²) in [6.45, 7) is 42.2. The van der Waals surface area contributed by atoms with Crippen LogP contribution in [-0.2, 0) is 63.2 Å². The molecule has 11 aliphatic rings. The molecule has 2 fully saturated rings. The number of benzene rings is 6. The second kappa shape index (κ2) is 46.6. The van der Waals surface area contributed by atoms with E-state index in [0.717, 1.165) is 211 Å². The Morgan fingerprint density at radius 3 is 1.44 bits per heavy atom. The number of ether oxygens (including phenoxy) is 6.